The van der Waals surface area contributed by atoms with Gasteiger partial charge < -0.3 is 9.16 Å². The molecule has 1 rings (SSSR count). The summed E-state index contributed by atoms with van der Waals surface area (Å²) in [6.45, 7) is 20.6. The van der Waals surface area contributed by atoms with Crippen molar-refractivity contribution in [2.45, 2.75) is 85.2 Å². The van der Waals surface area contributed by atoms with Crippen LogP contribution in [0.1, 0.15) is 55.4 Å². The Bertz CT molecular complexity index is 490. The number of imide groups is 1. The highest BCUT2D eigenvalue weighted by Gasteiger charge is 2.49. The average molecular weight is 358 g/mol. The predicted octanol–water partition coefficient (Wildman–Crippen LogP) is 4.43. The molecule has 0 aliphatic carbocycles. The van der Waals surface area contributed by atoms with E-state index in [1.54, 1.807) is 20.8 Å². The van der Waals surface area contributed by atoms with E-state index in [1.807, 2.05) is 13.8 Å². The highest BCUT2D eigenvalue weighted by Crippen LogP contribution is 2.38. The van der Waals surface area contributed by atoms with Crippen molar-refractivity contribution in [3.63, 3.8) is 0 Å². The van der Waals surface area contributed by atoms with Gasteiger partial charge in [-0.2, -0.15) is 0 Å². The number of hydrogen-bond donors (Lipinski definition) is 0. The highest BCUT2D eigenvalue weighted by molar-refractivity contribution is 6.74. The van der Waals surface area contributed by atoms with Crippen molar-refractivity contribution in [3.8, 4) is 0 Å². The topological polar surface area (TPSA) is 55.8 Å². The summed E-state index contributed by atoms with van der Waals surface area (Å²) in [7, 11) is -1.95. The van der Waals surface area contributed by atoms with Gasteiger partial charge in [0.2, 0.25) is 5.91 Å². The summed E-state index contributed by atoms with van der Waals surface area (Å²) < 4.78 is 11.7. The van der Waals surface area contributed by atoms with Crippen LogP contribution in [0.4, 0.5) is 4.79 Å². The fourth-order valence-corrected chi connectivity index (χ4v) is 3.47. The molecule has 0 unspecified atom stereocenters. The molecular formula is C18H35NO4Si. The number of ether oxygens (including phenoxy) is 1. The van der Waals surface area contributed by atoms with E-state index in [-0.39, 0.29) is 28.8 Å². The fourth-order valence-electron chi connectivity index (χ4n) is 2.45. The van der Waals surface area contributed by atoms with E-state index in [9.17, 15) is 9.59 Å². The van der Waals surface area contributed by atoms with Gasteiger partial charge in [-0.1, -0.05) is 34.6 Å². The molecular weight excluding hydrogens is 322 g/mol. The highest BCUT2D eigenvalue weighted by atomic mass is 28.4. The minimum absolute atomic E-state index is 0.0507. The SMILES string of the molecule is C[C@@H]1[C@@H](CO[Si](C)(C)C(C)(C)C)N(C(=O)OC(C)(C)C)C(=O)[C@@H]1C. The van der Waals surface area contributed by atoms with Gasteiger partial charge in [0.1, 0.15) is 5.60 Å². The molecule has 6 heteroatoms. The zero-order valence-electron chi connectivity index (χ0n) is 17.0. The summed E-state index contributed by atoms with van der Waals surface area (Å²) in [5, 5.41) is 0.0845. The van der Waals surface area contributed by atoms with Crippen LogP contribution in [0.25, 0.3) is 0 Å². The Morgan fingerprint density at radius 3 is 2.04 bits per heavy atom. The average Bonchev–Trinajstić information content (AvgIpc) is 2.57. The normalized spacial score (nSPS) is 26.0. The van der Waals surface area contributed by atoms with Crippen molar-refractivity contribution in [2.75, 3.05) is 6.61 Å². The van der Waals surface area contributed by atoms with E-state index < -0.39 is 20.0 Å². The number of carbonyl (C=O) groups excluding carboxylic acids is 2. The third kappa shape index (κ3) is 4.60. The molecule has 1 fully saturated rings. The maximum atomic E-state index is 12.6. The maximum absolute atomic E-state index is 12.6. The van der Waals surface area contributed by atoms with Crippen LogP contribution < -0.4 is 0 Å². The Hall–Kier alpha value is -0.883. The molecule has 0 spiro atoms. The molecule has 1 aliphatic rings. The van der Waals surface area contributed by atoms with Gasteiger partial charge in [0, 0.05) is 5.92 Å². The minimum atomic E-state index is -1.95. The third-order valence-electron chi connectivity index (χ3n) is 5.37. The lowest BCUT2D eigenvalue weighted by molar-refractivity contribution is -0.131. The maximum Gasteiger partial charge on any atom is 0.417 e. The van der Waals surface area contributed by atoms with Crippen molar-refractivity contribution in [3.05, 3.63) is 0 Å². The number of likely N-dealkylation sites (tertiary alicyclic amines) is 1. The van der Waals surface area contributed by atoms with Gasteiger partial charge in [0.05, 0.1) is 12.6 Å². The van der Waals surface area contributed by atoms with Crippen molar-refractivity contribution < 1.29 is 18.8 Å². The smallest absolute Gasteiger partial charge is 0.417 e. The van der Waals surface area contributed by atoms with Crippen molar-refractivity contribution in [2.24, 2.45) is 11.8 Å². The Kier molecular flexibility index (Phi) is 5.98. The Morgan fingerprint density at radius 2 is 1.62 bits per heavy atom. The molecule has 24 heavy (non-hydrogen) atoms. The Balaban J connectivity index is 2.96. The molecule has 3 atom stereocenters. The minimum Gasteiger partial charge on any atom is -0.443 e. The molecule has 0 radical (unpaired) electrons. The van der Waals surface area contributed by atoms with Crippen LogP contribution in [0.2, 0.25) is 18.1 Å². The van der Waals surface area contributed by atoms with Gasteiger partial charge in [-0.25, -0.2) is 9.69 Å². The van der Waals surface area contributed by atoms with Crippen LogP contribution in [0, 0.1) is 11.8 Å². The summed E-state index contributed by atoms with van der Waals surface area (Å²) in [6.07, 6.45) is -0.562. The van der Waals surface area contributed by atoms with E-state index in [2.05, 4.69) is 33.9 Å². The number of nitrogens with zero attached hydrogens (tertiary/aromatic N) is 1. The molecule has 0 N–H and O–H groups in total. The first-order valence-electron chi connectivity index (χ1n) is 8.78. The Morgan fingerprint density at radius 1 is 1.12 bits per heavy atom. The Labute approximate surface area is 148 Å². The number of carbonyl (C=O) groups is 2. The van der Waals surface area contributed by atoms with Crippen LogP contribution in [-0.4, -0.2) is 43.5 Å². The first-order valence-corrected chi connectivity index (χ1v) is 11.7. The quantitative estimate of drug-likeness (QED) is 0.701. The summed E-state index contributed by atoms with van der Waals surface area (Å²) in [5.41, 5.74) is -0.628. The second-order valence-corrected chi connectivity index (χ2v) is 14.3. The molecule has 0 aromatic heterocycles. The molecule has 0 aromatic carbocycles. The number of rotatable bonds is 3. The predicted molar refractivity (Wildman–Crippen MR) is 98.3 cm³/mol. The van der Waals surface area contributed by atoms with Crippen LogP contribution in [0.15, 0.2) is 0 Å². The molecule has 5 nitrogen and oxygen atoms in total. The fraction of sp³-hybridized carbons (Fsp3) is 0.889. The standard InChI is InChI=1S/C18H35NO4Si/c1-12-13(2)15(20)19(16(21)23-17(3,4)5)14(12)11-22-24(9,10)18(6,7)8/h12-14H,11H2,1-10H3/t12-,13+,14+/m0/s1. The van der Waals surface area contributed by atoms with Crippen LogP contribution in [-0.2, 0) is 14.0 Å². The van der Waals surface area contributed by atoms with Crippen molar-refractivity contribution in [1.82, 2.24) is 4.90 Å². The largest absolute Gasteiger partial charge is 0.443 e. The summed E-state index contributed by atoms with van der Waals surface area (Å²) in [6, 6.07) is -0.267. The lowest BCUT2D eigenvalue weighted by Gasteiger charge is -2.38. The van der Waals surface area contributed by atoms with Crippen LogP contribution in [0.3, 0.4) is 0 Å². The van der Waals surface area contributed by atoms with E-state index in [0.717, 1.165) is 0 Å². The number of amides is 2. The van der Waals surface area contributed by atoms with Gasteiger partial charge >= 0.3 is 6.09 Å². The third-order valence-corrected chi connectivity index (χ3v) is 9.87. The van der Waals surface area contributed by atoms with Gasteiger partial charge in [-0.15, -0.1) is 0 Å². The van der Waals surface area contributed by atoms with Crippen LogP contribution >= 0.6 is 0 Å². The summed E-state index contributed by atoms with van der Waals surface area (Å²) in [4.78, 5) is 26.4. The lowest BCUT2D eigenvalue weighted by Crippen LogP contribution is -2.49. The second kappa shape index (κ2) is 6.79. The first kappa shape index (κ1) is 21.2. The first-order chi connectivity index (χ1) is 10.6. The van der Waals surface area contributed by atoms with Gasteiger partial charge in [0.25, 0.3) is 0 Å². The molecule has 1 saturated heterocycles. The molecule has 140 valence electrons. The zero-order chi connectivity index (χ0) is 19.1. The molecule has 1 aliphatic heterocycles. The van der Waals surface area contributed by atoms with Crippen LogP contribution in [0.5, 0.6) is 0 Å². The van der Waals surface area contributed by atoms with Crippen molar-refractivity contribution >= 4 is 20.3 Å². The number of hydrogen-bond acceptors (Lipinski definition) is 4. The molecule has 0 saturated carbocycles. The molecule has 1 heterocycles. The van der Waals surface area contributed by atoms with Gasteiger partial charge in [0.15, 0.2) is 8.32 Å². The molecule has 2 amide bonds. The summed E-state index contributed by atoms with van der Waals surface area (Å²) in [5.74, 6) is -0.319. The lowest BCUT2D eigenvalue weighted by atomic mass is 9.94. The summed E-state index contributed by atoms with van der Waals surface area (Å²) >= 11 is 0. The van der Waals surface area contributed by atoms with Gasteiger partial charge in [-0.3, -0.25) is 4.79 Å². The second-order valence-electron chi connectivity index (χ2n) is 9.48. The van der Waals surface area contributed by atoms with E-state index in [4.69, 9.17) is 9.16 Å². The molecule has 0 bridgehead atoms. The van der Waals surface area contributed by atoms with Gasteiger partial charge in [-0.05, 0) is 44.8 Å². The molecule has 0 aromatic rings. The zero-order valence-corrected chi connectivity index (χ0v) is 18.0. The monoisotopic (exact) mass is 357 g/mol. The van der Waals surface area contributed by atoms with E-state index in [0.29, 0.717) is 6.61 Å². The van der Waals surface area contributed by atoms with Crippen molar-refractivity contribution in [1.29, 1.82) is 0 Å². The van der Waals surface area contributed by atoms with E-state index in [1.165, 1.54) is 4.90 Å². The van der Waals surface area contributed by atoms with E-state index >= 15 is 0 Å².